The molecule has 2 aliphatic carbocycles. The normalized spacial score (nSPS) is 16.5. The van der Waals surface area contributed by atoms with Crippen molar-refractivity contribution in [3.63, 3.8) is 0 Å². The van der Waals surface area contributed by atoms with Crippen molar-refractivity contribution < 1.29 is 5.11 Å². The van der Waals surface area contributed by atoms with Crippen molar-refractivity contribution in [3.8, 4) is 0 Å². The Morgan fingerprint density at radius 1 is 1.00 bits per heavy atom. The second-order valence-corrected chi connectivity index (χ2v) is 6.15. The average molecular weight is 317 g/mol. The third kappa shape index (κ3) is 2.55. The minimum Gasteiger partial charge on any atom is -0.375 e. The van der Waals surface area contributed by atoms with Gasteiger partial charge in [-0.25, -0.2) is 4.68 Å². The molecular weight excluding hydrogens is 298 g/mol. The molecule has 1 heterocycles. The lowest BCUT2D eigenvalue weighted by molar-refractivity contribution is 0.108. The first-order chi connectivity index (χ1) is 11.8. The van der Waals surface area contributed by atoms with Gasteiger partial charge in [0.2, 0.25) is 0 Å². The molecule has 0 unspecified atom stereocenters. The van der Waals surface area contributed by atoms with Crippen LogP contribution in [0.5, 0.6) is 0 Å². The monoisotopic (exact) mass is 317 g/mol. The van der Waals surface area contributed by atoms with E-state index in [1.807, 2.05) is 48.7 Å². The highest BCUT2D eigenvalue weighted by atomic mass is 16.3. The van der Waals surface area contributed by atoms with Gasteiger partial charge in [0.1, 0.15) is 5.69 Å². The molecule has 4 nitrogen and oxygen atoms in total. The van der Waals surface area contributed by atoms with Crippen LogP contribution in [0.2, 0.25) is 0 Å². The first-order valence-electron chi connectivity index (χ1n) is 8.16. The SMILES string of the molecule is OC(C1=CC=CC1)(C1=CC=CC1)c1cn(Cc2ccccc2)nn1. The maximum Gasteiger partial charge on any atom is 0.154 e. The van der Waals surface area contributed by atoms with Gasteiger partial charge in [-0.3, -0.25) is 0 Å². The summed E-state index contributed by atoms with van der Waals surface area (Å²) in [4.78, 5) is 0. The van der Waals surface area contributed by atoms with Crippen LogP contribution >= 0.6 is 0 Å². The first-order valence-corrected chi connectivity index (χ1v) is 8.16. The minimum atomic E-state index is -1.18. The van der Waals surface area contributed by atoms with Crippen molar-refractivity contribution in [1.29, 1.82) is 0 Å². The van der Waals surface area contributed by atoms with Crippen molar-refractivity contribution >= 4 is 0 Å². The van der Waals surface area contributed by atoms with Crippen LogP contribution in [0.25, 0.3) is 0 Å². The summed E-state index contributed by atoms with van der Waals surface area (Å²) in [6, 6.07) is 10.1. The summed E-state index contributed by atoms with van der Waals surface area (Å²) in [5, 5.41) is 20.1. The van der Waals surface area contributed by atoms with Gasteiger partial charge in [-0.05, 0) is 29.6 Å². The lowest BCUT2D eigenvalue weighted by Crippen LogP contribution is -2.30. The molecule has 2 aromatic rings. The highest BCUT2D eigenvalue weighted by Crippen LogP contribution is 2.42. The number of hydrogen-bond donors (Lipinski definition) is 1. The van der Waals surface area contributed by atoms with Crippen molar-refractivity contribution in [1.82, 2.24) is 15.0 Å². The predicted octanol–water partition coefficient (Wildman–Crippen LogP) is 3.29. The second-order valence-electron chi connectivity index (χ2n) is 6.15. The molecule has 24 heavy (non-hydrogen) atoms. The van der Waals surface area contributed by atoms with Gasteiger partial charge in [0.25, 0.3) is 0 Å². The molecule has 0 amide bonds. The van der Waals surface area contributed by atoms with E-state index in [1.165, 1.54) is 0 Å². The summed E-state index contributed by atoms with van der Waals surface area (Å²) >= 11 is 0. The van der Waals surface area contributed by atoms with Crippen LogP contribution in [0.1, 0.15) is 24.1 Å². The Morgan fingerprint density at radius 3 is 2.25 bits per heavy atom. The van der Waals surface area contributed by atoms with Gasteiger partial charge in [-0.2, -0.15) is 0 Å². The van der Waals surface area contributed by atoms with E-state index >= 15 is 0 Å². The minimum absolute atomic E-state index is 0.586. The van der Waals surface area contributed by atoms with Crippen LogP contribution < -0.4 is 0 Å². The Labute approximate surface area is 141 Å². The fourth-order valence-corrected chi connectivity index (χ4v) is 3.28. The first kappa shape index (κ1) is 14.8. The summed E-state index contributed by atoms with van der Waals surface area (Å²) in [6.45, 7) is 0.637. The maximum absolute atomic E-state index is 11.5. The van der Waals surface area contributed by atoms with E-state index in [1.54, 1.807) is 4.68 Å². The van der Waals surface area contributed by atoms with Crippen LogP contribution in [-0.4, -0.2) is 20.1 Å². The van der Waals surface area contributed by atoms with Crippen molar-refractivity contribution in [2.75, 3.05) is 0 Å². The van der Waals surface area contributed by atoms with E-state index in [2.05, 4.69) is 34.6 Å². The average Bonchev–Trinajstić information content (AvgIpc) is 3.36. The van der Waals surface area contributed by atoms with Crippen molar-refractivity contribution in [2.24, 2.45) is 0 Å². The largest absolute Gasteiger partial charge is 0.375 e. The highest BCUT2D eigenvalue weighted by molar-refractivity contribution is 5.47. The third-order valence-corrected chi connectivity index (χ3v) is 4.57. The molecule has 0 radical (unpaired) electrons. The van der Waals surface area contributed by atoms with E-state index in [4.69, 9.17) is 0 Å². The van der Waals surface area contributed by atoms with Crippen molar-refractivity contribution in [2.45, 2.75) is 25.0 Å². The van der Waals surface area contributed by atoms with E-state index in [9.17, 15) is 5.11 Å². The Balaban J connectivity index is 1.67. The molecule has 0 spiro atoms. The molecule has 2 aliphatic rings. The van der Waals surface area contributed by atoms with Crippen LogP contribution in [0.3, 0.4) is 0 Å². The fourth-order valence-electron chi connectivity index (χ4n) is 3.28. The molecule has 0 fully saturated rings. The molecule has 1 aromatic carbocycles. The molecule has 0 saturated heterocycles. The van der Waals surface area contributed by atoms with Crippen LogP contribution in [0.4, 0.5) is 0 Å². The molecule has 0 bridgehead atoms. The molecular formula is C20H19N3O. The Hall–Kier alpha value is -2.72. The number of benzene rings is 1. The second kappa shape index (κ2) is 6.06. The molecule has 4 rings (SSSR count). The number of hydrogen-bond acceptors (Lipinski definition) is 3. The van der Waals surface area contributed by atoms with Gasteiger partial charge < -0.3 is 5.11 Å². The van der Waals surface area contributed by atoms with Gasteiger partial charge in [0, 0.05) is 0 Å². The summed E-state index contributed by atoms with van der Waals surface area (Å²) < 4.78 is 1.78. The third-order valence-electron chi connectivity index (χ3n) is 4.57. The van der Waals surface area contributed by atoms with Gasteiger partial charge in [0.05, 0.1) is 12.7 Å². The number of aliphatic hydroxyl groups is 1. The summed E-state index contributed by atoms with van der Waals surface area (Å²) in [5.74, 6) is 0. The van der Waals surface area contributed by atoms with Crippen LogP contribution in [0.15, 0.2) is 84.1 Å². The molecule has 120 valence electrons. The van der Waals surface area contributed by atoms with Crippen molar-refractivity contribution in [3.05, 3.63) is 95.4 Å². The zero-order valence-corrected chi connectivity index (χ0v) is 13.3. The van der Waals surface area contributed by atoms with Crippen LogP contribution in [0, 0.1) is 0 Å². The van der Waals surface area contributed by atoms with Gasteiger partial charge in [0.15, 0.2) is 5.60 Å². The molecule has 1 N–H and O–H groups in total. The number of aromatic nitrogens is 3. The van der Waals surface area contributed by atoms with E-state index in [0.717, 1.165) is 29.6 Å². The Morgan fingerprint density at radius 2 is 1.67 bits per heavy atom. The number of nitrogens with zero attached hydrogens (tertiary/aromatic N) is 3. The summed E-state index contributed by atoms with van der Waals surface area (Å²) in [6.07, 6.45) is 15.4. The van der Waals surface area contributed by atoms with Gasteiger partial charge in [-0.15, -0.1) is 5.10 Å². The lowest BCUT2D eigenvalue weighted by atomic mass is 9.82. The fraction of sp³-hybridized carbons (Fsp3) is 0.200. The molecule has 0 atom stereocenters. The van der Waals surface area contributed by atoms with E-state index in [-0.39, 0.29) is 0 Å². The Kier molecular flexibility index (Phi) is 3.75. The summed E-state index contributed by atoms with van der Waals surface area (Å²) in [5.41, 5.74) is 2.46. The maximum atomic E-state index is 11.5. The van der Waals surface area contributed by atoms with Gasteiger partial charge >= 0.3 is 0 Å². The predicted molar refractivity (Wildman–Crippen MR) is 93.1 cm³/mol. The molecule has 0 saturated carbocycles. The molecule has 0 aliphatic heterocycles. The standard InChI is InChI=1S/C20H19N3O/c24-20(17-10-4-5-11-17,18-12-6-7-13-18)19-15-23(22-21-19)14-16-8-2-1-3-9-16/h1-10,12,15,24H,11,13-14H2. The Bertz CT molecular complexity index is 826. The molecule has 4 heteroatoms. The zero-order chi connectivity index (χ0) is 16.4. The summed E-state index contributed by atoms with van der Waals surface area (Å²) in [7, 11) is 0. The zero-order valence-electron chi connectivity index (χ0n) is 13.3. The molecule has 1 aromatic heterocycles. The smallest absolute Gasteiger partial charge is 0.154 e. The topological polar surface area (TPSA) is 50.9 Å². The number of allylic oxidation sites excluding steroid dienone is 6. The highest BCUT2D eigenvalue weighted by Gasteiger charge is 2.40. The van der Waals surface area contributed by atoms with E-state index in [0.29, 0.717) is 12.2 Å². The van der Waals surface area contributed by atoms with Crippen LogP contribution in [-0.2, 0) is 12.1 Å². The quantitative estimate of drug-likeness (QED) is 0.920. The van der Waals surface area contributed by atoms with E-state index < -0.39 is 5.60 Å². The van der Waals surface area contributed by atoms with Gasteiger partial charge in [-0.1, -0.05) is 72.0 Å². The lowest BCUT2D eigenvalue weighted by Gasteiger charge is -2.29. The number of rotatable bonds is 5.